The lowest BCUT2D eigenvalue weighted by Crippen LogP contribution is -2.46. The summed E-state index contributed by atoms with van der Waals surface area (Å²) in [5.41, 5.74) is 0. The lowest BCUT2D eigenvalue weighted by Gasteiger charge is -2.20. The second kappa shape index (κ2) is 7.93. The molecule has 2 N–H and O–H groups in total. The smallest absolute Gasteiger partial charge is 0.315 e. The second-order valence-corrected chi connectivity index (χ2v) is 5.16. The fourth-order valence-corrected chi connectivity index (χ4v) is 2.25. The Bertz CT molecular complexity index is 508. The summed E-state index contributed by atoms with van der Waals surface area (Å²) in [6, 6.07) is 2.92. The Balaban J connectivity index is 1.63. The number of carbonyl (C=O) groups excluding carboxylic acids is 1. The number of hydrogen-bond acceptors (Lipinski definition) is 3. The Morgan fingerprint density at radius 2 is 2.27 bits per heavy atom. The summed E-state index contributed by atoms with van der Waals surface area (Å²) in [7, 11) is 0. The summed E-state index contributed by atoms with van der Waals surface area (Å²) >= 11 is 0. The number of amides is 2. The van der Waals surface area contributed by atoms with E-state index >= 15 is 0 Å². The Morgan fingerprint density at radius 1 is 1.45 bits per heavy atom. The largest absolute Gasteiger partial charge is 0.492 e. The Kier molecular flexibility index (Phi) is 5.94. The fraction of sp³-hybridized carbons (Fsp3) is 0.533. The van der Waals surface area contributed by atoms with Gasteiger partial charge in [-0.3, -0.25) is 0 Å². The molecule has 22 heavy (non-hydrogen) atoms. The van der Waals surface area contributed by atoms with Gasteiger partial charge < -0.3 is 20.1 Å². The zero-order valence-corrected chi connectivity index (χ0v) is 12.4. The van der Waals surface area contributed by atoms with Crippen LogP contribution in [0, 0.1) is 11.6 Å². The van der Waals surface area contributed by atoms with Gasteiger partial charge in [-0.1, -0.05) is 0 Å². The normalized spacial score (nSPS) is 18.8. The molecule has 5 nitrogen and oxygen atoms in total. The number of carbonyl (C=O) groups is 1. The molecule has 1 saturated heterocycles. The molecule has 1 fully saturated rings. The number of urea groups is 1. The zero-order chi connectivity index (χ0) is 15.9. The Labute approximate surface area is 128 Å². The third-order valence-electron chi connectivity index (χ3n) is 3.43. The van der Waals surface area contributed by atoms with E-state index in [0.717, 1.165) is 31.6 Å². The van der Waals surface area contributed by atoms with E-state index in [1.807, 2.05) is 6.92 Å². The van der Waals surface area contributed by atoms with Crippen molar-refractivity contribution in [1.29, 1.82) is 0 Å². The van der Waals surface area contributed by atoms with Gasteiger partial charge in [-0.05, 0) is 31.9 Å². The molecule has 1 aromatic carbocycles. The van der Waals surface area contributed by atoms with E-state index in [1.54, 1.807) is 0 Å². The quantitative estimate of drug-likeness (QED) is 0.792. The van der Waals surface area contributed by atoms with Crippen molar-refractivity contribution < 1.29 is 23.0 Å². The first kappa shape index (κ1) is 16.5. The number of ether oxygens (including phenoxy) is 2. The molecular formula is C15H20F2N2O3. The molecule has 0 saturated carbocycles. The monoisotopic (exact) mass is 314 g/mol. The van der Waals surface area contributed by atoms with Crippen LogP contribution in [0.3, 0.4) is 0 Å². The third kappa shape index (κ3) is 4.84. The highest BCUT2D eigenvalue weighted by atomic mass is 19.2. The zero-order valence-electron chi connectivity index (χ0n) is 12.4. The average Bonchev–Trinajstić information content (AvgIpc) is 3.01. The Morgan fingerprint density at radius 3 is 2.95 bits per heavy atom. The molecule has 0 bridgehead atoms. The molecule has 2 amide bonds. The van der Waals surface area contributed by atoms with Crippen LogP contribution in [0.2, 0.25) is 0 Å². The minimum atomic E-state index is -0.964. The van der Waals surface area contributed by atoms with Crippen molar-refractivity contribution in [2.45, 2.75) is 31.9 Å². The first-order chi connectivity index (χ1) is 10.6. The molecule has 1 heterocycles. The van der Waals surface area contributed by atoms with Crippen LogP contribution in [0.4, 0.5) is 13.6 Å². The molecule has 0 aromatic heterocycles. The molecule has 2 atom stereocenters. The van der Waals surface area contributed by atoms with Crippen LogP contribution in [-0.2, 0) is 4.74 Å². The van der Waals surface area contributed by atoms with Crippen LogP contribution < -0.4 is 15.4 Å². The highest BCUT2D eigenvalue weighted by Crippen LogP contribution is 2.16. The topological polar surface area (TPSA) is 59.6 Å². The molecule has 122 valence electrons. The van der Waals surface area contributed by atoms with Crippen molar-refractivity contribution in [3.05, 3.63) is 29.8 Å². The van der Waals surface area contributed by atoms with Gasteiger partial charge in [0.05, 0.1) is 18.7 Å². The highest BCUT2D eigenvalue weighted by Gasteiger charge is 2.23. The van der Waals surface area contributed by atoms with E-state index in [4.69, 9.17) is 9.47 Å². The number of hydrogen-bond donors (Lipinski definition) is 2. The molecule has 1 aliphatic heterocycles. The fourth-order valence-electron chi connectivity index (χ4n) is 2.25. The lowest BCUT2D eigenvalue weighted by molar-refractivity contribution is 0.0860. The van der Waals surface area contributed by atoms with Crippen LogP contribution in [0.1, 0.15) is 19.8 Å². The summed E-state index contributed by atoms with van der Waals surface area (Å²) in [6.45, 7) is 3.05. The summed E-state index contributed by atoms with van der Waals surface area (Å²) in [4.78, 5) is 11.7. The van der Waals surface area contributed by atoms with Crippen molar-refractivity contribution >= 4 is 6.03 Å². The van der Waals surface area contributed by atoms with E-state index in [2.05, 4.69) is 10.6 Å². The van der Waals surface area contributed by atoms with Crippen molar-refractivity contribution in [3.63, 3.8) is 0 Å². The van der Waals surface area contributed by atoms with Crippen molar-refractivity contribution in [2.75, 3.05) is 19.8 Å². The average molecular weight is 314 g/mol. The van der Waals surface area contributed by atoms with Crippen LogP contribution in [-0.4, -0.2) is 37.9 Å². The van der Waals surface area contributed by atoms with Crippen LogP contribution in [0.15, 0.2) is 18.2 Å². The van der Waals surface area contributed by atoms with Gasteiger partial charge in [-0.15, -0.1) is 0 Å². The van der Waals surface area contributed by atoms with Gasteiger partial charge in [0.25, 0.3) is 0 Å². The highest BCUT2D eigenvalue weighted by molar-refractivity contribution is 5.74. The third-order valence-corrected chi connectivity index (χ3v) is 3.43. The van der Waals surface area contributed by atoms with Gasteiger partial charge in [-0.25, -0.2) is 13.6 Å². The minimum absolute atomic E-state index is 0.0594. The summed E-state index contributed by atoms with van der Waals surface area (Å²) in [5.74, 6) is -1.67. The minimum Gasteiger partial charge on any atom is -0.492 e. The van der Waals surface area contributed by atoms with E-state index < -0.39 is 11.6 Å². The summed E-state index contributed by atoms with van der Waals surface area (Å²) in [5, 5.41) is 5.43. The van der Waals surface area contributed by atoms with E-state index in [9.17, 15) is 13.6 Å². The first-order valence-corrected chi connectivity index (χ1v) is 7.30. The number of halogens is 2. The van der Waals surface area contributed by atoms with E-state index in [-0.39, 0.29) is 37.1 Å². The maximum absolute atomic E-state index is 13.0. The van der Waals surface area contributed by atoms with Crippen molar-refractivity contribution in [2.24, 2.45) is 0 Å². The maximum Gasteiger partial charge on any atom is 0.315 e. The predicted octanol–water partition coefficient (Wildman–Crippen LogP) is 2.21. The van der Waals surface area contributed by atoms with Gasteiger partial charge in [0.2, 0.25) is 0 Å². The number of rotatable bonds is 6. The molecule has 2 rings (SSSR count). The molecule has 0 aliphatic carbocycles. The van der Waals surface area contributed by atoms with Gasteiger partial charge in [-0.2, -0.15) is 0 Å². The van der Waals surface area contributed by atoms with Crippen LogP contribution in [0.25, 0.3) is 0 Å². The number of nitrogens with one attached hydrogen (secondary N) is 2. The molecular weight excluding hydrogens is 294 g/mol. The maximum atomic E-state index is 13.0. The van der Waals surface area contributed by atoms with Gasteiger partial charge in [0, 0.05) is 12.7 Å². The molecule has 1 aliphatic rings. The Hall–Kier alpha value is -1.89. The molecule has 0 spiro atoms. The van der Waals surface area contributed by atoms with Gasteiger partial charge in [0.15, 0.2) is 11.6 Å². The van der Waals surface area contributed by atoms with Crippen LogP contribution in [0.5, 0.6) is 5.75 Å². The van der Waals surface area contributed by atoms with Gasteiger partial charge >= 0.3 is 6.03 Å². The molecule has 7 heteroatoms. The lowest BCUT2D eigenvalue weighted by atomic mass is 10.1. The van der Waals surface area contributed by atoms with Gasteiger partial charge in [0.1, 0.15) is 12.4 Å². The second-order valence-electron chi connectivity index (χ2n) is 5.16. The molecule has 0 radical (unpaired) electrons. The SMILES string of the molecule is CC(NC(=O)NCCOc1ccc(F)c(F)c1)C1CCCO1. The summed E-state index contributed by atoms with van der Waals surface area (Å²) < 4.78 is 36.4. The molecule has 2 unspecified atom stereocenters. The molecule has 1 aromatic rings. The number of benzene rings is 1. The first-order valence-electron chi connectivity index (χ1n) is 7.30. The van der Waals surface area contributed by atoms with Crippen molar-refractivity contribution in [3.8, 4) is 5.75 Å². The predicted molar refractivity (Wildman–Crippen MR) is 76.8 cm³/mol. The summed E-state index contributed by atoms with van der Waals surface area (Å²) in [6.07, 6.45) is 2.02. The van der Waals surface area contributed by atoms with E-state index in [0.29, 0.717) is 0 Å². The van der Waals surface area contributed by atoms with Crippen LogP contribution >= 0.6 is 0 Å². The van der Waals surface area contributed by atoms with E-state index in [1.165, 1.54) is 6.07 Å². The standard InChI is InChI=1S/C15H20F2N2O3/c1-10(14-3-2-7-22-14)19-15(20)18-6-8-21-11-4-5-12(16)13(17)9-11/h4-5,9-10,14H,2-3,6-8H2,1H3,(H2,18,19,20). The van der Waals surface area contributed by atoms with Crippen molar-refractivity contribution in [1.82, 2.24) is 10.6 Å².